The van der Waals surface area contributed by atoms with Crippen molar-refractivity contribution in [3.63, 3.8) is 0 Å². The van der Waals surface area contributed by atoms with Crippen LogP contribution in [0.1, 0.15) is 77.0 Å². The molecule has 1 nitrogen and oxygen atoms in total. The molecule has 1 N–H and O–H groups in total. The zero-order chi connectivity index (χ0) is 11.7. The Morgan fingerprint density at radius 2 is 1.41 bits per heavy atom. The van der Waals surface area contributed by atoms with Crippen molar-refractivity contribution in [1.29, 1.82) is 0 Å². The Hall–Kier alpha value is -0.0400. The molecule has 0 spiro atoms. The largest absolute Gasteiger partial charge is 0.390 e. The Balaban J connectivity index is 1.64. The predicted molar refractivity (Wildman–Crippen MR) is 70.8 cm³/mol. The number of aliphatic hydroxyl groups is 1. The number of hydrogen-bond acceptors (Lipinski definition) is 1. The molecule has 0 bridgehead atoms. The molecule has 0 heterocycles. The van der Waals surface area contributed by atoms with E-state index in [4.69, 9.17) is 0 Å². The second kappa shape index (κ2) is 4.91. The van der Waals surface area contributed by atoms with E-state index in [1.54, 1.807) is 0 Å². The third-order valence-corrected chi connectivity index (χ3v) is 6.02. The lowest BCUT2D eigenvalue weighted by molar-refractivity contribution is -0.0786. The van der Waals surface area contributed by atoms with Crippen molar-refractivity contribution >= 4 is 0 Å². The van der Waals surface area contributed by atoms with Gasteiger partial charge in [-0.2, -0.15) is 0 Å². The highest BCUT2D eigenvalue weighted by Crippen LogP contribution is 2.48. The Bertz CT molecular complexity index is 254. The highest BCUT2D eigenvalue weighted by Gasteiger charge is 2.42. The van der Waals surface area contributed by atoms with Crippen molar-refractivity contribution in [2.45, 2.75) is 82.7 Å². The summed E-state index contributed by atoms with van der Waals surface area (Å²) < 4.78 is 0. The molecule has 98 valence electrons. The summed E-state index contributed by atoms with van der Waals surface area (Å²) >= 11 is 0. The van der Waals surface area contributed by atoms with Gasteiger partial charge in [0, 0.05) is 0 Å². The zero-order valence-corrected chi connectivity index (χ0v) is 11.2. The van der Waals surface area contributed by atoms with Gasteiger partial charge in [0.15, 0.2) is 0 Å². The summed E-state index contributed by atoms with van der Waals surface area (Å²) in [6.07, 6.45) is 16.0. The predicted octanol–water partition coefficient (Wildman–Crippen LogP) is 4.29. The molecule has 3 rings (SSSR count). The fourth-order valence-corrected chi connectivity index (χ4v) is 4.93. The Morgan fingerprint density at radius 3 is 2.18 bits per heavy atom. The summed E-state index contributed by atoms with van der Waals surface area (Å²) in [6.45, 7) is 0. The molecule has 1 heteroatoms. The van der Waals surface area contributed by atoms with Gasteiger partial charge in [-0.15, -0.1) is 0 Å². The average Bonchev–Trinajstić information content (AvgIpc) is 2.39. The van der Waals surface area contributed by atoms with Crippen LogP contribution in [-0.2, 0) is 0 Å². The lowest BCUT2D eigenvalue weighted by Crippen LogP contribution is -2.44. The van der Waals surface area contributed by atoms with Crippen LogP contribution in [0.3, 0.4) is 0 Å². The highest BCUT2D eigenvalue weighted by molar-refractivity contribution is 4.94. The molecule has 3 aliphatic carbocycles. The van der Waals surface area contributed by atoms with Crippen LogP contribution in [0, 0.1) is 17.8 Å². The molecule has 3 saturated carbocycles. The molecule has 3 aliphatic rings. The molecular weight excluding hydrogens is 208 g/mol. The maximum absolute atomic E-state index is 10.9. The van der Waals surface area contributed by atoms with Crippen molar-refractivity contribution in [3.8, 4) is 0 Å². The molecule has 0 aromatic rings. The van der Waals surface area contributed by atoms with Gasteiger partial charge in [-0.25, -0.2) is 0 Å². The van der Waals surface area contributed by atoms with E-state index >= 15 is 0 Å². The van der Waals surface area contributed by atoms with Crippen LogP contribution in [0.15, 0.2) is 0 Å². The molecule has 3 fully saturated rings. The van der Waals surface area contributed by atoms with Gasteiger partial charge in [-0.05, 0) is 49.9 Å². The molecule has 0 radical (unpaired) electrons. The first-order valence-electron chi connectivity index (χ1n) is 8.00. The summed E-state index contributed by atoms with van der Waals surface area (Å²) in [5.41, 5.74) is -0.263. The zero-order valence-electron chi connectivity index (χ0n) is 11.2. The van der Waals surface area contributed by atoms with Crippen LogP contribution >= 0.6 is 0 Å². The van der Waals surface area contributed by atoms with E-state index in [0.717, 1.165) is 24.7 Å². The van der Waals surface area contributed by atoms with E-state index in [1.807, 2.05) is 0 Å². The van der Waals surface area contributed by atoms with Crippen LogP contribution < -0.4 is 0 Å². The standard InChI is InChI=1S/C16H28O/c17-16(10-4-1-5-11-16)15-9-8-13-6-2-3-7-14(13)12-15/h13-15,17H,1-12H2. The molecule has 0 aromatic heterocycles. The summed E-state index contributed by atoms with van der Waals surface area (Å²) in [5.74, 6) is 2.63. The van der Waals surface area contributed by atoms with Gasteiger partial charge in [0.1, 0.15) is 0 Å². The van der Waals surface area contributed by atoms with E-state index in [9.17, 15) is 5.11 Å². The smallest absolute Gasteiger partial charge is 0.0675 e. The SMILES string of the molecule is OC1(C2CCC3CCCCC3C2)CCCCC1. The molecule has 0 amide bonds. The molecule has 0 aromatic carbocycles. The van der Waals surface area contributed by atoms with Gasteiger partial charge in [-0.1, -0.05) is 44.9 Å². The van der Waals surface area contributed by atoms with E-state index in [1.165, 1.54) is 64.2 Å². The fraction of sp³-hybridized carbons (Fsp3) is 1.00. The van der Waals surface area contributed by atoms with Crippen LogP contribution in [0.5, 0.6) is 0 Å². The fourth-order valence-electron chi connectivity index (χ4n) is 4.93. The molecule has 17 heavy (non-hydrogen) atoms. The lowest BCUT2D eigenvalue weighted by Gasteiger charge is -2.47. The van der Waals surface area contributed by atoms with Gasteiger partial charge in [0.2, 0.25) is 0 Å². The van der Waals surface area contributed by atoms with Gasteiger partial charge in [-0.3, -0.25) is 0 Å². The quantitative estimate of drug-likeness (QED) is 0.720. The Labute approximate surface area is 106 Å². The second-order valence-electron chi connectivity index (χ2n) is 6.98. The van der Waals surface area contributed by atoms with E-state index in [-0.39, 0.29) is 5.60 Å². The van der Waals surface area contributed by atoms with Crippen molar-refractivity contribution in [2.75, 3.05) is 0 Å². The van der Waals surface area contributed by atoms with Crippen molar-refractivity contribution in [2.24, 2.45) is 17.8 Å². The molecule has 0 saturated heterocycles. The van der Waals surface area contributed by atoms with Crippen molar-refractivity contribution < 1.29 is 5.11 Å². The van der Waals surface area contributed by atoms with Gasteiger partial charge in [0.05, 0.1) is 5.60 Å². The normalized spacial score (nSPS) is 41.8. The minimum atomic E-state index is -0.263. The lowest BCUT2D eigenvalue weighted by atomic mass is 9.61. The number of fused-ring (bicyclic) bond motifs is 1. The maximum atomic E-state index is 10.9. The second-order valence-corrected chi connectivity index (χ2v) is 6.98. The first kappa shape index (κ1) is 12.0. The Morgan fingerprint density at radius 1 is 0.706 bits per heavy atom. The van der Waals surface area contributed by atoms with Gasteiger partial charge in [0.25, 0.3) is 0 Å². The number of hydrogen-bond donors (Lipinski definition) is 1. The monoisotopic (exact) mass is 236 g/mol. The average molecular weight is 236 g/mol. The minimum Gasteiger partial charge on any atom is -0.390 e. The maximum Gasteiger partial charge on any atom is 0.0675 e. The summed E-state index contributed by atoms with van der Waals surface area (Å²) in [5, 5.41) is 10.9. The van der Waals surface area contributed by atoms with Gasteiger partial charge >= 0.3 is 0 Å². The van der Waals surface area contributed by atoms with E-state index < -0.39 is 0 Å². The van der Waals surface area contributed by atoms with E-state index in [0.29, 0.717) is 5.92 Å². The first-order valence-corrected chi connectivity index (χ1v) is 8.00. The molecule has 3 atom stereocenters. The van der Waals surface area contributed by atoms with E-state index in [2.05, 4.69) is 0 Å². The molecule has 3 unspecified atom stereocenters. The van der Waals surface area contributed by atoms with Crippen LogP contribution in [0.4, 0.5) is 0 Å². The Kier molecular flexibility index (Phi) is 3.47. The van der Waals surface area contributed by atoms with Crippen LogP contribution in [-0.4, -0.2) is 10.7 Å². The summed E-state index contributed by atoms with van der Waals surface area (Å²) in [7, 11) is 0. The first-order chi connectivity index (χ1) is 8.28. The number of rotatable bonds is 1. The van der Waals surface area contributed by atoms with Crippen molar-refractivity contribution in [3.05, 3.63) is 0 Å². The third-order valence-electron chi connectivity index (χ3n) is 6.02. The molecular formula is C16H28O. The summed E-state index contributed by atoms with van der Waals surface area (Å²) in [6, 6.07) is 0. The van der Waals surface area contributed by atoms with Crippen molar-refractivity contribution in [1.82, 2.24) is 0 Å². The summed E-state index contributed by atoms with van der Waals surface area (Å²) in [4.78, 5) is 0. The van der Waals surface area contributed by atoms with Crippen LogP contribution in [0.25, 0.3) is 0 Å². The minimum absolute atomic E-state index is 0.263. The van der Waals surface area contributed by atoms with Gasteiger partial charge < -0.3 is 5.11 Å². The highest BCUT2D eigenvalue weighted by atomic mass is 16.3. The molecule has 0 aliphatic heterocycles. The third kappa shape index (κ3) is 2.41. The van der Waals surface area contributed by atoms with Crippen LogP contribution in [0.2, 0.25) is 0 Å². The topological polar surface area (TPSA) is 20.2 Å².